The Morgan fingerprint density at radius 3 is 1.92 bits per heavy atom. The summed E-state index contributed by atoms with van der Waals surface area (Å²) in [4.78, 5) is 10.5. The summed E-state index contributed by atoms with van der Waals surface area (Å²) in [6, 6.07) is 23.5. The molecule has 0 fully saturated rings. The lowest BCUT2D eigenvalue weighted by molar-refractivity contribution is -0.621. The Labute approximate surface area is 152 Å². The molecule has 0 aliphatic carbocycles. The van der Waals surface area contributed by atoms with Gasteiger partial charge >= 0.3 is 0 Å². The average Bonchev–Trinajstić information content (AvgIpc) is 2.70. The largest absolute Gasteiger partial charge is 0.618 e. The fourth-order valence-corrected chi connectivity index (χ4v) is 5.54. The SMILES string of the molecule is O=CNCc1cccc(CP(=O)(c2ccccc2)c2ccccc2)[n+]1[O-]. The first-order valence-electron chi connectivity index (χ1n) is 8.23. The highest BCUT2D eigenvalue weighted by Gasteiger charge is 2.31. The van der Waals surface area contributed by atoms with Crippen molar-refractivity contribution >= 4 is 24.2 Å². The smallest absolute Gasteiger partial charge is 0.212 e. The molecule has 0 aliphatic heterocycles. The number of carbonyl (C=O) groups excluding carboxylic acids is 1. The van der Waals surface area contributed by atoms with Gasteiger partial charge in [-0.2, -0.15) is 4.73 Å². The summed E-state index contributed by atoms with van der Waals surface area (Å²) in [5, 5.41) is 16.6. The van der Waals surface area contributed by atoms with Crippen molar-refractivity contribution in [3.63, 3.8) is 0 Å². The molecule has 2 aromatic carbocycles. The first-order chi connectivity index (χ1) is 12.6. The first kappa shape index (κ1) is 17.9. The molecule has 3 rings (SSSR count). The lowest BCUT2D eigenvalue weighted by Gasteiger charge is -2.19. The highest BCUT2D eigenvalue weighted by atomic mass is 31.2. The van der Waals surface area contributed by atoms with E-state index in [9.17, 15) is 14.6 Å². The molecule has 0 atom stereocenters. The maximum atomic E-state index is 14.0. The summed E-state index contributed by atoms with van der Waals surface area (Å²) in [5.74, 6) is 0. The molecule has 1 N–H and O–H groups in total. The van der Waals surface area contributed by atoms with E-state index in [4.69, 9.17) is 0 Å². The number of carbonyl (C=O) groups is 1. The van der Waals surface area contributed by atoms with Crippen molar-refractivity contribution in [1.82, 2.24) is 5.32 Å². The minimum Gasteiger partial charge on any atom is -0.618 e. The standard InChI is InChI=1S/C20H19N2O3P/c23-16-21-14-17-8-7-9-18(22(17)24)15-26(25,19-10-3-1-4-11-19)20-12-5-2-6-13-20/h1-13,16H,14-15H2,(H,21,23). The minimum atomic E-state index is -3.03. The molecule has 5 nitrogen and oxygen atoms in total. The molecular weight excluding hydrogens is 347 g/mol. The molecule has 1 aromatic heterocycles. The predicted molar refractivity (Wildman–Crippen MR) is 102 cm³/mol. The highest BCUT2D eigenvalue weighted by Crippen LogP contribution is 2.46. The second-order valence-electron chi connectivity index (χ2n) is 5.87. The number of amides is 1. The molecule has 132 valence electrons. The highest BCUT2D eigenvalue weighted by molar-refractivity contribution is 7.78. The Balaban J connectivity index is 2.06. The van der Waals surface area contributed by atoms with Gasteiger partial charge in [0, 0.05) is 22.7 Å². The van der Waals surface area contributed by atoms with Crippen LogP contribution in [0.5, 0.6) is 0 Å². The van der Waals surface area contributed by atoms with Crippen molar-refractivity contribution in [2.75, 3.05) is 0 Å². The van der Waals surface area contributed by atoms with Crippen LogP contribution >= 0.6 is 7.14 Å². The number of aromatic nitrogens is 1. The van der Waals surface area contributed by atoms with Gasteiger partial charge in [0.1, 0.15) is 6.54 Å². The van der Waals surface area contributed by atoms with Gasteiger partial charge in [0.25, 0.3) is 0 Å². The van der Waals surface area contributed by atoms with Crippen LogP contribution in [0.15, 0.2) is 78.9 Å². The van der Waals surface area contributed by atoms with Crippen LogP contribution in [0.25, 0.3) is 0 Å². The topological polar surface area (TPSA) is 73.1 Å². The van der Waals surface area contributed by atoms with Crippen LogP contribution in [-0.4, -0.2) is 6.41 Å². The fraction of sp³-hybridized carbons (Fsp3) is 0.100. The Morgan fingerprint density at radius 1 is 0.846 bits per heavy atom. The van der Waals surface area contributed by atoms with E-state index in [0.29, 0.717) is 28.4 Å². The third kappa shape index (κ3) is 3.68. The molecule has 0 aliphatic rings. The molecule has 0 radical (unpaired) electrons. The third-order valence-electron chi connectivity index (χ3n) is 4.20. The number of hydrogen-bond donors (Lipinski definition) is 1. The van der Waals surface area contributed by atoms with Crippen molar-refractivity contribution in [2.24, 2.45) is 0 Å². The zero-order valence-corrected chi connectivity index (χ0v) is 15.0. The number of rotatable bonds is 7. The van der Waals surface area contributed by atoms with Crippen LogP contribution in [0.2, 0.25) is 0 Å². The molecule has 0 spiro atoms. The van der Waals surface area contributed by atoms with Crippen molar-refractivity contribution in [2.45, 2.75) is 12.7 Å². The van der Waals surface area contributed by atoms with E-state index >= 15 is 0 Å². The van der Waals surface area contributed by atoms with E-state index in [-0.39, 0.29) is 12.7 Å². The number of nitrogens with one attached hydrogen (secondary N) is 1. The minimum absolute atomic E-state index is 0.111. The average molecular weight is 366 g/mol. The van der Waals surface area contributed by atoms with E-state index in [2.05, 4.69) is 5.32 Å². The van der Waals surface area contributed by atoms with E-state index in [1.54, 1.807) is 18.2 Å². The van der Waals surface area contributed by atoms with E-state index in [0.717, 1.165) is 4.73 Å². The molecular formula is C20H19N2O3P. The van der Waals surface area contributed by atoms with Crippen LogP contribution in [0, 0.1) is 5.21 Å². The molecule has 0 unspecified atom stereocenters. The summed E-state index contributed by atoms with van der Waals surface area (Å²) in [5.41, 5.74) is 0.813. The molecule has 0 bridgehead atoms. The number of benzene rings is 2. The van der Waals surface area contributed by atoms with Crippen molar-refractivity contribution in [3.05, 3.63) is 95.5 Å². The van der Waals surface area contributed by atoms with Gasteiger partial charge in [-0.1, -0.05) is 60.7 Å². The van der Waals surface area contributed by atoms with Gasteiger partial charge in [0.15, 0.2) is 7.14 Å². The molecule has 0 saturated carbocycles. The van der Waals surface area contributed by atoms with E-state index in [1.807, 2.05) is 60.7 Å². The normalized spacial score (nSPS) is 11.1. The van der Waals surface area contributed by atoms with Gasteiger partial charge in [0.05, 0.1) is 6.16 Å². The Bertz CT molecular complexity index is 887. The van der Waals surface area contributed by atoms with E-state index in [1.165, 1.54) is 0 Å². The van der Waals surface area contributed by atoms with Crippen LogP contribution in [-0.2, 0) is 22.1 Å². The van der Waals surface area contributed by atoms with Crippen molar-refractivity contribution < 1.29 is 14.1 Å². The summed E-state index contributed by atoms with van der Waals surface area (Å²) < 4.78 is 14.8. The van der Waals surface area contributed by atoms with Gasteiger partial charge in [-0.25, -0.2) is 0 Å². The fourth-order valence-electron chi connectivity index (χ4n) is 2.88. The molecule has 26 heavy (non-hydrogen) atoms. The van der Waals surface area contributed by atoms with Crippen LogP contribution in [0.4, 0.5) is 0 Å². The van der Waals surface area contributed by atoms with Gasteiger partial charge in [-0.15, -0.1) is 0 Å². The molecule has 1 amide bonds. The molecule has 0 saturated heterocycles. The number of nitrogens with zero attached hydrogens (tertiary/aromatic N) is 1. The summed E-state index contributed by atoms with van der Waals surface area (Å²) >= 11 is 0. The van der Waals surface area contributed by atoms with Gasteiger partial charge in [-0.05, 0) is 6.07 Å². The van der Waals surface area contributed by atoms with Crippen molar-refractivity contribution in [3.8, 4) is 0 Å². The van der Waals surface area contributed by atoms with Gasteiger partial charge in [-0.3, -0.25) is 4.79 Å². The first-order valence-corrected chi connectivity index (χ1v) is 10.1. The molecule has 3 aromatic rings. The lowest BCUT2D eigenvalue weighted by Crippen LogP contribution is -2.39. The predicted octanol–water partition coefficient (Wildman–Crippen LogP) is 2.08. The van der Waals surface area contributed by atoms with Gasteiger partial charge < -0.3 is 15.1 Å². The van der Waals surface area contributed by atoms with E-state index < -0.39 is 7.14 Å². The number of hydrogen-bond acceptors (Lipinski definition) is 3. The Morgan fingerprint density at radius 2 is 1.38 bits per heavy atom. The third-order valence-corrected chi connectivity index (χ3v) is 7.23. The second kappa shape index (κ2) is 7.98. The zero-order valence-electron chi connectivity index (χ0n) is 14.1. The lowest BCUT2D eigenvalue weighted by atomic mass is 10.3. The quantitative estimate of drug-likeness (QED) is 0.301. The number of pyridine rings is 1. The Hall–Kier alpha value is -2.91. The second-order valence-corrected chi connectivity index (χ2v) is 8.70. The maximum Gasteiger partial charge on any atom is 0.212 e. The van der Waals surface area contributed by atoms with Crippen LogP contribution in [0.1, 0.15) is 11.4 Å². The Kier molecular flexibility index (Phi) is 5.49. The zero-order chi connectivity index (χ0) is 18.4. The summed E-state index contributed by atoms with van der Waals surface area (Å²) in [6.45, 7) is 0.127. The molecule has 6 heteroatoms. The monoisotopic (exact) mass is 366 g/mol. The summed E-state index contributed by atoms with van der Waals surface area (Å²) in [6.07, 6.45) is 0.658. The van der Waals surface area contributed by atoms with Crippen LogP contribution in [0.3, 0.4) is 0 Å². The maximum absolute atomic E-state index is 14.0. The molecule has 1 heterocycles. The van der Waals surface area contributed by atoms with Crippen LogP contribution < -0.4 is 20.7 Å². The van der Waals surface area contributed by atoms with Gasteiger partial charge in [0.2, 0.25) is 17.8 Å². The summed E-state index contributed by atoms with van der Waals surface area (Å²) in [7, 11) is -3.03. The van der Waals surface area contributed by atoms with Crippen molar-refractivity contribution in [1.29, 1.82) is 0 Å².